The molecule has 1 aliphatic carbocycles. The van der Waals surface area contributed by atoms with E-state index >= 15 is 0 Å². The molecule has 0 unspecified atom stereocenters. The van der Waals surface area contributed by atoms with E-state index in [0.29, 0.717) is 25.0 Å². The molecule has 0 bridgehead atoms. The van der Waals surface area contributed by atoms with Crippen LogP contribution in [-0.4, -0.2) is 42.0 Å². The Balaban J connectivity index is 1.91. The molecule has 1 saturated carbocycles. The average molecular weight is 268 g/mol. The molecule has 0 aromatic carbocycles. The van der Waals surface area contributed by atoms with Crippen LogP contribution in [-0.2, 0) is 4.79 Å². The van der Waals surface area contributed by atoms with E-state index in [9.17, 15) is 9.59 Å². The molecule has 0 aromatic rings. The predicted molar refractivity (Wildman–Crippen MR) is 72.5 cm³/mol. The van der Waals surface area contributed by atoms with Crippen molar-refractivity contribution in [3.63, 3.8) is 0 Å². The number of carbonyl (C=O) groups excluding carboxylic acids is 2. The SMILES string of the molecule is C[C@@H]1[C@H](C)CCC[C@@H]1[NH2+][C@@H](C)C(=O)N1CCNC1=O. The van der Waals surface area contributed by atoms with Gasteiger partial charge in [0, 0.05) is 19.0 Å². The van der Waals surface area contributed by atoms with E-state index in [1.54, 1.807) is 0 Å². The maximum Gasteiger partial charge on any atom is 0.324 e. The van der Waals surface area contributed by atoms with Gasteiger partial charge in [-0.1, -0.05) is 13.8 Å². The minimum Gasteiger partial charge on any atom is -0.336 e. The van der Waals surface area contributed by atoms with E-state index in [2.05, 4.69) is 24.5 Å². The van der Waals surface area contributed by atoms with E-state index in [1.165, 1.54) is 24.2 Å². The minimum atomic E-state index is -0.240. The van der Waals surface area contributed by atoms with Crippen LogP contribution >= 0.6 is 0 Å². The smallest absolute Gasteiger partial charge is 0.324 e. The Morgan fingerprint density at radius 1 is 1.42 bits per heavy atom. The van der Waals surface area contributed by atoms with Crippen molar-refractivity contribution in [2.45, 2.75) is 52.1 Å². The molecular weight excluding hydrogens is 242 g/mol. The molecule has 0 spiro atoms. The number of urea groups is 1. The largest absolute Gasteiger partial charge is 0.336 e. The van der Waals surface area contributed by atoms with Crippen molar-refractivity contribution in [3.05, 3.63) is 0 Å². The fraction of sp³-hybridized carbons (Fsp3) is 0.857. The van der Waals surface area contributed by atoms with Gasteiger partial charge in [0.1, 0.15) is 0 Å². The fourth-order valence-electron chi connectivity index (χ4n) is 3.28. The third-order valence-electron chi connectivity index (χ3n) is 4.82. The zero-order chi connectivity index (χ0) is 14.0. The van der Waals surface area contributed by atoms with Crippen LogP contribution in [0.15, 0.2) is 0 Å². The molecule has 2 rings (SSSR count). The van der Waals surface area contributed by atoms with Gasteiger partial charge in [-0.3, -0.25) is 9.69 Å². The van der Waals surface area contributed by atoms with Crippen LogP contribution in [0.3, 0.4) is 0 Å². The number of imide groups is 1. The van der Waals surface area contributed by atoms with Gasteiger partial charge in [-0.15, -0.1) is 0 Å². The third kappa shape index (κ3) is 3.08. The second-order valence-corrected chi connectivity index (χ2v) is 6.13. The van der Waals surface area contributed by atoms with Crippen molar-refractivity contribution in [1.82, 2.24) is 10.2 Å². The third-order valence-corrected chi connectivity index (χ3v) is 4.82. The lowest BCUT2D eigenvalue weighted by Gasteiger charge is -2.33. The molecule has 2 aliphatic rings. The summed E-state index contributed by atoms with van der Waals surface area (Å²) in [5, 5.41) is 4.85. The van der Waals surface area contributed by atoms with Crippen LogP contribution in [0.25, 0.3) is 0 Å². The molecule has 0 aromatic heterocycles. The van der Waals surface area contributed by atoms with Gasteiger partial charge in [-0.05, 0) is 32.1 Å². The Hall–Kier alpha value is -1.10. The zero-order valence-electron chi connectivity index (χ0n) is 12.2. The van der Waals surface area contributed by atoms with Gasteiger partial charge in [0.15, 0.2) is 6.04 Å². The van der Waals surface area contributed by atoms with Gasteiger partial charge in [0.05, 0.1) is 6.04 Å². The van der Waals surface area contributed by atoms with Gasteiger partial charge in [-0.2, -0.15) is 0 Å². The van der Waals surface area contributed by atoms with Crippen LogP contribution in [0.1, 0.15) is 40.0 Å². The molecule has 108 valence electrons. The zero-order valence-corrected chi connectivity index (χ0v) is 12.2. The number of carbonyl (C=O) groups is 2. The van der Waals surface area contributed by atoms with Crippen molar-refractivity contribution in [2.24, 2.45) is 11.8 Å². The first-order valence-corrected chi connectivity index (χ1v) is 7.45. The number of nitrogens with two attached hydrogens (primary N) is 1. The van der Waals surface area contributed by atoms with E-state index < -0.39 is 0 Å². The van der Waals surface area contributed by atoms with Crippen LogP contribution in [0.2, 0.25) is 0 Å². The quantitative estimate of drug-likeness (QED) is 0.774. The van der Waals surface area contributed by atoms with Gasteiger partial charge >= 0.3 is 6.03 Å². The van der Waals surface area contributed by atoms with Gasteiger partial charge in [0.25, 0.3) is 5.91 Å². The summed E-state index contributed by atoms with van der Waals surface area (Å²) >= 11 is 0. The molecule has 2 fully saturated rings. The number of nitrogens with zero attached hydrogens (tertiary/aromatic N) is 1. The number of hydrogen-bond acceptors (Lipinski definition) is 2. The molecule has 1 saturated heterocycles. The van der Waals surface area contributed by atoms with E-state index in [-0.39, 0.29) is 18.0 Å². The first-order chi connectivity index (χ1) is 9.00. The lowest BCUT2D eigenvalue weighted by Crippen LogP contribution is -2.98. The van der Waals surface area contributed by atoms with E-state index in [1.807, 2.05) is 6.92 Å². The lowest BCUT2D eigenvalue weighted by atomic mass is 9.78. The molecule has 0 radical (unpaired) electrons. The maximum absolute atomic E-state index is 12.3. The highest BCUT2D eigenvalue weighted by atomic mass is 16.2. The summed E-state index contributed by atoms with van der Waals surface area (Å²) in [6.45, 7) is 7.58. The summed E-state index contributed by atoms with van der Waals surface area (Å²) in [5.74, 6) is 1.31. The first kappa shape index (κ1) is 14.3. The molecule has 19 heavy (non-hydrogen) atoms. The van der Waals surface area contributed by atoms with Gasteiger partial charge < -0.3 is 10.6 Å². The maximum atomic E-state index is 12.3. The highest BCUT2D eigenvalue weighted by Gasteiger charge is 2.36. The van der Waals surface area contributed by atoms with Crippen molar-refractivity contribution < 1.29 is 14.9 Å². The Labute approximate surface area is 115 Å². The first-order valence-electron chi connectivity index (χ1n) is 7.45. The van der Waals surface area contributed by atoms with Crippen LogP contribution < -0.4 is 10.6 Å². The van der Waals surface area contributed by atoms with Crippen LogP contribution in [0, 0.1) is 11.8 Å². The van der Waals surface area contributed by atoms with Crippen molar-refractivity contribution in [2.75, 3.05) is 13.1 Å². The Morgan fingerprint density at radius 3 is 2.79 bits per heavy atom. The van der Waals surface area contributed by atoms with Crippen LogP contribution in [0.4, 0.5) is 4.79 Å². The summed E-state index contributed by atoms with van der Waals surface area (Å²) in [6, 6.07) is 0.102. The summed E-state index contributed by atoms with van der Waals surface area (Å²) in [4.78, 5) is 25.1. The molecule has 3 N–H and O–H groups in total. The second kappa shape index (κ2) is 5.90. The summed E-state index contributed by atoms with van der Waals surface area (Å²) in [6.07, 6.45) is 3.72. The molecule has 1 heterocycles. The van der Waals surface area contributed by atoms with E-state index in [0.717, 1.165) is 5.92 Å². The predicted octanol–water partition coefficient (Wildman–Crippen LogP) is 0.315. The van der Waals surface area contributed by atoms with Gasteiger partial charge in [0.2, 0.25) is 0 Å². The number of quaternary nitrogens is 1. The van der Waals surface area contributed by atoms with Crippen LogP contribution in [0.5, 0.6) is 0 Å². The summed E-state index contributed by atoms with van der Waals surface area (Å²) in [7, 11) is 0. The number of nitrogens with one attached hydrogen (secondary N) is 1. The normalized spacial score (nSPS) is 33.1. The number of amides is 3. The number of hydrogen-bond donors (Lipinski definition) is 2. The Kier molecular flexibility index (Phi) is 4.45. The molecule has 5 heteroatoms. The van der Waals surface area contributed by atoms with Crippen molar-refractivity contribution in [1.29, 1.82) is 0 Å². The van der Waals surface area contributed by atoms with E-state index in [4.69, 9.17) is 0 Å². The molecule has 5 nitrogen and oxygen atoms in total. The molecule has 4 atom stereocenters. The van der Waals surface area contributed by atoms with Crippen molar-refractivity contribution >= 4 is 11.9 Å². The molecule has 3 amide bonds. The highest BCUT2D eigenvalue weighted by Crippen LogP contribution is 2.27. The molecule has 1 aliphatic heterocycles. The Bertz CT molecular complexity index is 359. The summed E-state index contributed by atoms with van der Waals surface area (Å²) < 4.78 is 0. The van der Waals surface area contributed by atoms with Crippen molar-refractivity contribution in [3.8, 4) is 0 Å². The lowest BCUT2D eigenvalue weighted by molar-refractivity contribution is -0.716. The minimum absolute atomic E-state index is 0.0552. The molecular formula is C14H26N3O2+. The average Bonchev–Trinajstić information content (AvgIpc) is 2.80. The monoisotopic (exact) mass is 268 g/mol. The summed E-state index contributed by atoms with van der Waals surface area (Å²) in [5.41, 5.74) is 0. The number of rotatable bonds is 3. The highest BCUT2D eigenvalue weighted by molar-refractivity contribution is 5.97. The topological polar surface area (TPSA) is 66.0 Å². The second-order valence-electron chi connectivity index (χ2n) is 6.13. The van der Waals surface area contributed by atoms with Gasteiger partial charge in [-0.25, -0.2) is 4.79 Å². The Morgan fingerprint density at radius 2 is 2.16 bits per heavy atom. The standard InChI is InChI=1S/C14H25N3O2/c1-9-5-4-6-12(10(9)2)16-11(3)13(18)17-8-7-15-14(17)19/h9-12,16H,4-8H2,1-3H3,(H,15,19)/p+1/t9-,10-,11+,12+/m1/s1. The fourth-order valence-corrected chi connectivity index (χ4v) is 3.28.